The molecule has 4 atom stereocenters. The third-order valence-electron chi connectivity index (χ3n) is 3.65. The number of nitrogens with zero attached hydrogens (tertiary/aromatic N) is 1. The molecule has 4 unspecified atom stereocenters. The van der Waals surface area contributed by atoms with E-state index in [4.69, 9.17) is 0 Å². The fourth-order valence-corrected chi connectivity index (χ4v) is 2.28. The van der Waals surface area contributed by atoms with Crippen LogP contribution >= 0.6 is 0 Å². The normalized spacial score (nSPS) is 37.1. The molecule has 2 saturated carbocycles. The first kappa shape index (κ1) is 11.7. The molecule has 2 aliphatic rings. The summed E-state index contributed by atoms with van der Waals surface area (Å²) in [4.78, 5) is 4.51. The molecule has 0 amide bonds. The summed E-state index contributed by atoms with van der Waals surface area (Å²) >= 11 is 0. The highest BCUT2D eigenvalue weighted by Crippen LogP contribution is 2.34. The van der Waals surface area contributed by atoms with E-state index in [2.05, 4.69) is 36.4 Å². The zero-order valence-electron chi connectivity index (χ0n) is 10.8. The van der Waals surface area contributed by atoms with Gasteiger partial charge >= 0.3 is 0 Å². The molecule has 0 aromatic carbocycles. The van der Waals surface area contributed by atoms with Gasteiger partial charge in [-0.2, -0.15) is 0 Å². The predicted octanol–water partition coefficient (Wildman–Crippen LogP) is 2.14. The van der Waals surface area contributed by atoms with Crippen molar-refractivity contribution < 1.29 is 0 Å². The van der Waals surface area contributed by atoms with Crippen LogP contribution in [0.4, 0.5) is 0 Å². The molecule has 0 radical (unpaired) electrons. The second-order valence-corrected chi connectivity index (χ2v) is 5.32. The molecule has 0 aliphatic heterocycles. The number of nitrogens with one attached hydrogen (secondary N) is 2. The SMILES string of the molecule is CCCC1CC1NC(=NCC)NC1CC1C. The fourth-order valence-electron chi connectivity index (χ4n) is 2.28. The molecule has 0 spiro atoms. The zero-order chi connectivity index (χ0) is 11.5. The van der Waals surface area contributed by atoms with Gasteiger partial charge in [0.05, 0.1) is 0 Å². The summed E-state index contributed by atoms with van der Waals surface area (Å²) in [6.45, 7) is 7.51. The summed E-state index contributed by atoms with van der Waals surface area (Å²) in [5.74, 6) is 2.76. The average Bonchev–Trinajstić information content (AvgIpc) is 3.11. The van der Waals surface area contributed by atoms with Gasteiger partial charge in [-0.3, -0.25) is 4.99 Å². The van der Waals surface area contributed by atoms with Crippen LogP contribution in [-0.4, -0.2) is 24.6 Å². The summed E-state index contributed by atoms with van der Waals surface area (Å²) in [5.41, 5.74) is 0. The van der Waals surface area contributed by atoms with Crippen LogP contribution in [0.2, 0.25) is 0 Å². The lowest BCUT2D eigenvalue weighted by molar-refractivity contribution is 0.652. The van der Waals surface area contributed by atoms with Gasteiger partial charge in [0, 0.05) is 18.6 Å². The topological polar surface area (TPSA) is 36.4 Å². The molecule has 3 heteroatoms. The zero-order valence-corrected chi connectivity index (χ0v) is 10.8. The van der Waals surface area contributed by atoms with Gasteiger partial charge in [-0.25, -0.2) is 0 Å². The highest BCUT2D eigenvalue weighted by atomic mass is 15.2. The highest BCUT2D eigenvalue weighted by molar-refractivity contribution is 5.81. The maximum Gasteiger partial charge on any atom is 0.191 e. The minimum atomic E-state index is 0.668. The largest absolute Gasteiger partial charge is 0.353 e. The summed E-state index contributed by atoms with van der Waals surface area (Å²) in [5, 5.41) is 7.07. The number of hydrogen-bond acceptors (Lipinski definition) is 1. The van der Waals surface area contributed by atoms with Crippen LogP contribution in [0.5, 0.6) is 0 Å². The Morgan fingerprint density at radius 1 is 1.19 bits per heavy atom. The average molecular weight is 223 g/mol. The van der Waals surface area contributed by atoms with Gasteiger partial charge in [-0.15, -0.1) is 0 Å². The van der Waals surface area contributed by atoms with Crippen LogP contribution in [0.15, 0.2) is 4.99 Å². The number of hydrogen-bond donors (Lipinski definition) is 2. The van der Waals surface area contributed by atoms with Crippen LogP contribution in [0.25, 0.3) is 0 Å². The highest BCUT2D eigenvalue weighted by Gasteiger charge is 2.38. The van der Waals surface area contributed by atoms with Gasteiger partial charge in [0.2, 0.25) is 0 Å². The van der Waals surface area contributed by atoms with Crippen LogP contribution < -0.4 is 10.6 Å². The molecular weight excluding hydrogens is 198 g/mol. The van der Waals surface area contributed by atoms with E-state index in [-0.39, 0.29) is 0 Å². The lowest BCUT2D eigenvalue weighted by atomic mass is 10.2. The molecule has 92 valence electrons. The van der Waals surface area contributed by atoms with Crippen molar-refractivity contribution in [3.63, 3.8) is 0 Å². The Morgan fingerprint density at radius 2 is 1.88 bits per heavy atom. The lowest BCUT2D eigenvalue weighted by Crippen LogP contribution is -2.41. The van der Waals surface area contributed by atoms with Crippen LogP contribution in [0.3, 0.4) is 0 Å². The van der Waals surface area contributed by atoms with Gasteiger partial charge in [0.1, 0.15) is 0 Å². The lowest BCUT2D eigenvalue weighted by Gasteiger charge is -2.11. The van der Waals surface area contributed by atoms with Gasteiger partial charge in [-0.1, -0.05) is 20.3 Å². The van der Waals surface area contributed by atoms with Crippen molar-refractivity contribution in [1.82, 2.24) is 10.6 Å². The first-order valence-electron chi connectivity index (χ1n) is 6.82. The maximum atomic E-state index is 4.51. The van der Waals surface area contributed by atoms with Gasteiger partial charge < -0.3 is 10.6 Å². The fraction of sp³-hybridized carbons (Fsp3) is 0.923. The monoisotopic (exact) mass is 223 g/mol. The Bertz CT molecular complexity index is 262. The molecule has 0 bridgehead atoms. The molecule has 2 fully saturated rings. The van der Waals surface area contributed by atoms with Gasteiger partial charge in [0.15, 0.2) is 5.96 Å². The second kappa shape index (κ2) is 5.07. The van der Waals surface area contributed by atoms with E-state index in [0.717, 1.165) is 24.3 Å². The number of aliphatic imine (C=N–C) groups is 1. The second-order valence-electron chi connectivity index (χ2n) is 5.32. The van der Waals surface area contributed by atoms with Crippen LogP contribution in [-0.2, 0) is 0 Å². The molecule has 3 nitrogen and oxygen atoms in total. The van der Waals surface area contributed by atoms with E-state index in [1.54, 1.807) is 0 Å². The molecule has 0 aromatic heterocycles. The van der Waals surface area contributed by atoms with Gasteiger partial charge in [-0.05, 0) is 38.0 Å². The van der Waals surface area contributed by atoms with Crippen molar-refractivity contribution in [2.24, 2.45) is 16.8 Å². The van der Waals surface area contributed by atoms with E-state index < -0.39 is 0 Å². The minimum absolute atomic E-state index is 0.668. The Labute approximate surface area is 99.1 Å². The molecule has 2 rings (SSSR count). The number of guanidine groups is 1. The van der Waals surface area contributed by atoms with Crippen molar-refractivity contribution in [3.8, 4) is 0 Å². The molecule has 0 saturated heterocycles. The van der Waals surface area contributed by atoms with Crippen molar-refractivity contribution in [2.75, 3.05) is 6.54 Å². The minimum Gasteiger partial charge on any atom is -0.353 e. The number of rotatable bonds is 5. The standard InChI is InChI=1S/C13H25N3/c1-4-6-10-8-12(10)16-13(14-5-2)15-11-7-9(11)3/h9-12H,4-8H2,1-3H3,(H2,14,15,16). The Balaban J connectivity index is 1.73. The first-order valence-corrected chi connectivity index (χ1v) is 6.82. The summed E-state index contributed by atoms with van der Waals surface area (Å²) < 4.78 is 0. The van der Waals surface area contributed by atoms with E-state index in [9.17, 15) is 0 Å². The Morgan fingerprint density at radius 3 is 2.44 bits per heavy atom. The third-order valence-corrected chi connectivity index (χ3v) is 3.65. The predicted molar refractivity (Wildman–Crippen MR) is 68.6 cm³/mol. The quantitative estimate of drug-likeness (QED) is 0.553. The van der Waals surface area contributed by atoms with E-state index in [1.165, 1.54) is 25.7 Å². The van der Waals surface area contributed by atoms with Crippen molar-refractivity contribution >= 4 is 5.96 Å². The molecule has 2 aliphatic carbocycles. The molecule has 2 N–H and O–H groups in total. The molecule has 0 aromatic rings. The molecule has 16 heavy (non-hydrogen) atoms. The first-order chi connectivity index (χ1) is 7.74. The van der Waals surface area contributed by atoms with E-state index >= 15 is 0 Å². The molecule has 0 heterocycles. The van der Waals surface area contributed by atoms with Crippen molar-refractivity contribution in [2.45, 2.75) is 58.5 Å². The Kier molecular flexibility index (Phi) is 3.72. The van der Waals surface area contributed by atoms with Crippen LogP contribution in [0.1, 0.15) is 46.5 Å². The van der Waals surface area contributed by atoms with E-state index in [0.29, 0.717) is 12.1 Å². The summed E-state index contributed by atoms with van der Waals surface area (Å²) in [6.07, 6.45) is 5.29. The van der Waals surface area contributed by atoms with Crippen LogP contribution in [0, 0.1) is 11.8 Å². The Hall–Kier alpha value is -0.730. The van der Waals surface area contributed by atoms with Gasteiger partial charge in [0.25, 0.3) is 0 Å². The van der Waals surface area contributed by atoms with E-state index in [1.807, 2.05) is 0 Å². The molecular formula is C13H25N3. The summed E-state index contributed by atoms with van der Waals surface area (Å²) in [6, 6.07) is 1.35. The smallest absolute Gasteiger partial charge is 0.191 e. The van der Waals surface area contributed by atoms with Crippen molar-refractivity contribution in [1.29, 1.82) is 0 Å². The third kappa shape index (κ3) is 3.13. The van der Waals surface area contributed by atoms with Crippen molar-refractivity contribution in [3.05, 3.63) is 0 Å². The summed E-state index contributed by atoms with van der Waals surface area (Å²) in [7, 11) is 0. The maximum absolute atomic E-state index is 4.51.